The Labute approximate surface area is 173 Å². The van der Waals surface area contributed by atoms with Crippen molar-refractivity contribution in [2.45, 2.75) is 32.6 Å². The van der Waals surface area contributed by atoms with Crippen LogP contribution in [-0.2, 0) is 33.2 Å². The number of halogens is 1. The molecule has 0 radical (unpaired) electrons. The van der Waals surface area contributed by atoms with Gasteiger partial charge in [-0.05, 0) is 24.1 Å². The van der Waals surface area contributed by atoms with Crippen molar-refractivity contribution in [1.82, 2.24) is 29.5 Å². The number of hydrogen-bond donors (Lipinski definition) is 1. The van der Waals surface area contributed by atoms with Crippen LogP contribution in [0.3, 0.4) is 0 Å². The summed E-state index contributed by atoms with van der Waals surface area (Å²) in [5.74, 6) is 0.150. The first-order valence-corrected chi connectivity index (χ1v) is 9.81. The molecule has 1 aliphatic rings. The molecule has 4 rings (SSSR count). The Balaban J connectivity index is 1.47. The fourth-order valence-corrected chi connectivity index (χ4v) is 3.58. The van der Waals surface area contributed by atoms with Crippen LogP contribution in [0.1, 0.15) is 33.9 Å². The van der Waals surface area contributed by atoms with Gasteiger partial charge in [0.2, 0.25) is 0 Å². The molecule has 30 heavy (non-hydrogen) atoms. The number of aryl methyl sites for hydroxylation is 1. The number of hydrogen-bond acceptors (Lipinski definition) is 5. The number of benzene rings is 1. The first-order chi connectivity index (χ1) is 14.5. The molecule has 8 nitrogen and oxygen atoms in total. The maximum absolute atomic E-state index is 13.2. The lowest BCUT2D eigenvalue weighted by Gasteiger charge is -2.20. The Morgan fingerprint density at radius 2 is 2.03 bits per heavy atom. The van der Waals surface area contributed by atoms with Crippen LogP contribution in [0.2, 0.25) is 0 Å². The Bertz CT molecular complexity index is 1110. The minimum Gasteiger partial charge on any atom is -0.346 e. The van der Waals surface area contributed by atoms with E-state index in [9.17, 15) is 14.0 Å². The molecule has 0 aliphatic carbocycles. The van der Waals surface area contributed by atoms with Gasteiger partial charge in [-0.25, -0.2) is 9.37 Å². The number of carbonyl (C=O) groups excluding carboxylic acids is 1. The van der Waals surface area contributed by atoms with E-state index in [1.54, 1.807) is 34.6 Å². The molecule has 0 saturated heterocycles. The minimum atomic E-state index is -0.266. The van der Waals surface area contributed by atoms with E-state index in [1.165, 1.54) is 24.4 Å². The van der Waals surface area contributed by atoms with E-state index in [4.69, 9.17) is 0 Å². The fraction of sp³-hybridized carbons (Fsp3) is 0.333. The van der Waals surface area contributed by atoms with Crippen molar-refractivity contribution >= 4 is 5.91 Å². The predicted molar refractivity (Wildman–Crippen MR) is 108 cm³/mol. The molecular weight excluding hydrogens is 387 g/mol. The van der Waals surface area contributed by atoms with E-state index < -0.39 is 0 Å². The maximum atomic E-state index is 13.2. The molecule has 0 spiro atoms. The van der Waals surface area contributed by atoms with Gasteiger partial charge in [0.1, 0.15) is 11.6 Å². The van der Waals surface area contributed by atoms with E-state index in [0.717, 1.165) is 18.5 Å². The van der Waals surface area contributed by atoms with E-state index in [2.05, 4.69) is 20.3 Å². The molecule has 3 aromatic rings. The molecule has 1 aliphatic heterocycles. The largest absolute Gasteiger partial charge is 0.346 e. The van der Waals surface area contributed by atoms with Gasteiger partial charge in [-0.3, -0.25) is 23.7 Å². The average Bonchev–Trinajstić information content (AvgIpc) is 3.05. The van der Waals surface area contributed by atoms with Gasteiger partial charge in [0.15, 0.2) is 0 Å². The van der Waals surface area contributed by atoms with Crippen molar-refractivity contribution in [1.29, 1.82) is 0 Å². The van der Waals surface area contributed by atoms with Crippen LogP contribution in [0, 0.1) is 5.82 Å². The fourth-order valence-electron chi connectivity index (χ4n) is 3.58. The first-order valence-electron chi connectivity index (χ1n) is 9.81. The number of nitrogens with zero attached hydrogens (tertiary/aromatic N) is 5. The molecule has 1 N–H and O–H groups in total. The molecular formula is C21H23FN6O2. The van der Waals surface area contributed by atoms with Gasteiger partial charge in [0, 0.05) is 38.9 Å². The number of amides is 1. The van der Waals surface area contributed by atoms with Crippen LogP contribution in [0.5, 0.6) is 0 Å². The lowest BCUT2D eigenvalue weighted by Crippen LogP contribution is -2.29. The summed E-state index contributed by atoms with van der Waals surface area (Å²) in [5, 5.41) is 6.77. The van der Waals surface area contributed by atoms with E-state index in [0.29, 0.717) is 36.7 Å². The second-order valence-electron chi connectivity index (χ2n) is 7.43. The second-order valence-corrected chi connectivity index (χ2v) is 7.43. The summed E-state index contributed by atoms with van der Waals surface area (Å²) >= 11 is 0. The quantitative estimate of drug-likeness (QED) is 0.688. The summed E-state index contributed by atoms with van der Waals surface area (Å²) in [6.07, 6.45) is 3.94. The van der Waals surface area contributed by atoms with Gasteiger partial charge in [-0.2, -0.15) is 5.10 Å². The van der Waals surface area contributed by atoms with Gasteiger partial charge in [0.25, 0.3) is 11.5 Å². The Morgan fingerprint density at radius 1 is 1.23 bits per heavy atom. The highest BCUT2D eigenvalue weighted by molar-refractivity contribution is 5.93. The molecule has 0 unspecified atom stereocenters. The van der Waals surface area contributed by atoms with E-state index in [-0.39, 0.29) is 23.8 Å². The van der Waals surface area contributed by atoms with Crippen molar-refractivity contribution in [3.63, 3.8) is 0 Å². The monoisotopic (exact) mass is 410 g/mol. The van der Waals surface area contributed by atoms with Crippen molar-refractivity contribution in [2.75, 3.05) is 6.54 Å². The van der Waals surface area contributed by atoms with Crippen molar-refractivity contribution in [2.24, 2.45) is 7.05 Å². The molecule has 2 aromatic heterocycles. The van der Waals surface area contributed by atoms with Crippen molar-refractivity contribution in [3.8, 4) is 0 Å². The molecule has 9 heteroatoms. The Kier molecular flexibility index (Phi) is 5.71. The lowest BCUT2D eigenvalue weighted by molar-refractivity contribution is 0.0950. The first kappa shape index (κ1) is 20.0. The molecule has 0 atom stereocenters. The maximum Gasteiger partial charge on any atom is 0.254 e. The zero-order chi connectivity index (χ0) is 21.1. The normalized spacial score (nSPS) is 14.2. The zero-order valence-corrected chi connectivity index (χ0v) is 16.7. The molecule has 0 fully saturated rings. The summed E-state index contributed by atoms with van der Waals surface area (Å²) in [7, 11) is 1.74. The van der Waals surface area contributed by atoms with Gasteiger partial charge >= 0.3 is 0 Å². The van der Waals surface area contributed by atoms with Crippen LogP contribution < -0.4 is 10.9 Å². The molecule has 156 valence electrons. The van der Waals surface area contributed by atoms with Crippen LogP contribution in [0.15, 0.2) is 47.5 Å². The molecule has 1 amide bonds. The third-order valence-electron chi connectivity index (χ3n) is 5.08. The van der Waals surface area contributed by atoms with E-state index >= 15 is 0 Å². The highest BCUT2D eigenvalue weighted by Crippen LogP contribution is 2.14. The topological polar surface area (TPSA) is 85.0 Å². The zero-order valence-electron chi connectivity index (χ0n) is 16.7. The van der Waals surface area contributed by atoms with Crippen LogP contribution in [0.4, 0.5) is 4.39 Å². The smallest absolute Gasteiger partial charge is 0.254 e. The van der Waals surface area contributed by atoms with Crippen LogP contribution in [-0.4, -0.2) is 36.7 Å². The van der Waals surface area contributed by atoms with Crippen LogP contribution >= 0.6 is 0 Å². The SMILES string of the molecule is Cn1cc(C(=O)NCc2cc(=O)n3c(n2)CN(Cc2ccc(F)cc2)CCC3)cn1. The number of aromatic nitrogens is 4. The van der Waals surface area contributed by atoms with Gasteiger partial charge in [0.05, 0.1) is 30.5 Å². The van der Waals surface area contributed by atoms with Crippen molar-refractivity contribution in [3.05, 3.63) is 81.5 Å². The Morgan fingerprint density at radius 3 is 2.77 bits per heavy atom. The number of nitrogens with one attached hydrogen (secondary N) is 1. The highest BCUT2D eigenvalue weighted by Gasteiger charge is 2.18. The van der Waals surface area contributed by atoms with E-state index in [1.807, 2.05) is 0 Å². The molecule has 0 bridgehead atoms. The van der Waals surface area contributed by atoms with Crippen molar-refractivity contribution < 1.29 is 9.18 Å². The number of carbonyl (C=O) groups is 1. The number of rotatable bonds is 5. The lowest BCUT2D eigenvalue weighted by atomic mass is 10.2. The minimum absolute atomic E-state index is 0.116. The molecule has 0 saturated carbocycles. The highest BCUT2D eigenvalue weighted by atomic mass is 19.1. The summed E-state index contributed by atoms with van der Waals surface area (Å²) in [4.78, 5) is 31.7. The summed E-state index contributed by atoms with van der Waals surface area (Å²) < 4.78 is 16.4. The van der Waals surface area contributed by atoms with Gasteiger partial charge in [-0.1, -0.05) is 12.1 Å². The second kappa shape index (κ2) is 8.58. The standard InChI is InChI=1S/C21H23FN6O2/c1-26-13-16(10-24-26)21(30)23-11-18-9-20(29)28-8-2-7-27(14-19(28)25-18)12-15-3-5-17(22)6-4-15/h3-6,9-10,13H,2,7-8,11-12,14H2,1H3,(H,23,30). The third kappa shape index (κ3) is 4.62. The summed E-state index contributed by atoms with van der Waals surface area (Å²) in [5.41, 5.74) is 1.86. The summed E-state index contributed by atoms with van der Waals surface area (Å²) in [6.45, 7) is 2.74. The average molecular weight is 410 g/mol. The molecule has 1 aromatic carbocycles. The van der Waals surface area contributed by atoms with Gasteiger partial charge in [-0.15, -0.1) is 0 Å². The number of fused-ring (bicyclic) bond motifs is 1. The van der Waals surface area contributed by atoms with Crippen LogP contribution in [0.25, 0.3) is 0 Å². The summed E-state index contributed by atoms with van der Waals surface area (Å²) in [6, 6.07) is 7.92. The van der Waals surface area contributed by atoms with Gasteiger partial charge < -0.3 is 5.32 Å². The third-order valence-corrected chi connectivity index (χ3v) is 5.08. The molecule has 3 heterocycles. The Hall–Kier alpha value is -3.33. The predicted octanol–water partition coefficient (Wildman–Crippen LogP) is 1.45.